The quantitative estimate of drug-likeness (QED) is 0.262. The van der Waals surface area contributed by atoms with Gasteiger partial charge in [0.15, 0.2) is 0 Å². The van der Waals surface area contributed by atoms with E-state index in [0.717, 1.165) is 31.2 Å². The summed E-state index contributed by atoms with van der Waals surface area (Å²) < 4.78 is 5.34. The third-order valence-electron chi connectivity index (χ3n) is 8.02. The van der Waals surface area contributed by atoms with E-state index in [4.69, 9.17) is 4.74 Å². The first-order chi connectivity index (χ1) is 20.2. The molecule has 232 valence electrons. The van der Waals surface area contributed by atoms with Gasteiger partial charge in [0.25, 0.3) is 5.91 Å². The van der Waals surface area contributed by atoms with E-state index in [1.54, 1.807) is 18.7 Å². The summed E-state index contributed by atoms with van der Waals surface area (Å²) in [5, 5.41) is 11.2. The Morgan fingerprint density at radius 3 is 2.24 bits per heavy atom. The first-order valence-corrected chi connectivity index (χ1v) is 15.3. The second-order valence-electron chi connectivity index (χ2n) is 11.6. The molecule has 11 heteroatoms. The van der Waals surface area contributed by atoms with Gasteiger partial charge in [-0.1, -0.05) is 83.2 Å². The zero-order valence-electron chi connectivity index (χ0n) is 25.2. The topological polar surface area (TPSA) is 146 Å². The number of rotatable bonds is 13. The summed E-state index contributed by atoms with van der Waals surface area (Å²) in [5.41, 5.74) is -0.248. The fraction of sp³-hybridized carbons (Fsp3) is 0.645. The van der Waals surface area contributed by atoms with Gasteiger partial charge >= 0.3 is 6.03 Å². The van der Waals surface area contributed by atoms with E-state index in [0.29, 0.717) is 52.1 Å². The van der Waals surface area contributed by atoms with Gasteiger partial charge in [-0.05, 0) is 30.7 Å². The first kappa shape index (κ1) is 33.0. The Balaban J connectivity index is 1.69. The fourth-order valence-corrected chi connectivity index (χ4v) is 5.39. The molecule has 0 unspecified atom stereocenters. The average Bonchev–Trinajstić information content (AvgIpc) is 3.01. The number of unbranched alkanes of at least 4 members (excludes halogenated alkanes) is 1. The third kappa shape index (κ3) is 9.27. The van der Waals surface area contributed by atoms with Gasteiger partial charge in [-0.15, -0.1) is 0 Å². The number of nitrogens with one attached hydrogen (secondary N) is 4. The van der Waals surface area contributed by atoms with Crippen LogP contribution in [0.25, 0.3) is 0 Å². The molecule has 2 aliphatic rings. The van der Waals surface area contributed by atoms with Crippen LogP contribution in [-0.2, 0) is 30.5 Å². The number of ketones is 1. The number of urea groups is 1. The van der Waals surface area contributed by atoms with E-state index < -0.39 is 41.1 Å². The number of amides is 5. The third-order valence-corrected chi connectivity index (χ3v) is 8.02. The van der Waals surface area contributed by atoms with Gasteiger partial charge in [0.2, 0.25) is 17.6 Å². The number of ether oxygens (including phenoxy) is 1. The highest BCUT2D eigenvalue weighted by molar-refractivity contribution is 6.38. The van der Waals surface area contributed by atoms with E-state index in [1.165, 1.54) is 0 Å². The largest absolute Gasteiger partial charge is 0.378 e. The van der Waals surface area contributed by atoms with Crippen LogP contribution < -0.4 is 21.3 Å². The fourth-order valence-electron chi connectivity index (χ4n) is 5.39. The number of carbonyl (C=O) groups is 5. The van der Waals surface area contributed by atoms with Gasteiger partial charge in [-0.2, -0.15) is 0 Å². The van der Waals surface area contributed by atoms with Crippen molar-refractivity contribution in [1.82, 2.24) is 26.2 Å². The Morgan fingerprint density at radius 1 is 0.952 bits per heavy atom. The lowest BCUT2D eigenvalue weighted by molar-refractivity contribution is -0.142. The standard InChI is InChI=1S/C31H47N5O6/c1-4-5-14-24(26(37)28(39)34-25(22(2)3)27(38)32-21-23-12-8-6-9-13-23)33-29(40)31(15-10-7-11-16-31)35-30(41)36-17-19-42-20-18-36/h6,8-9,12-13,22,24-25H,4-5,7,10-11,14-21H2,1-3H3,(H,32,38)(H,33,40)(H,34,39)(H,35,41)/t24-,25-/m0/s1. The molecule has 0 bridgehead atoms. The zero-order chi connectivity index (χ0) is 30.5. The molecule has 11 nitrogen and oxygen atoms in total. The summed E-state index contributed by atoms with van der Waals surface area (Å²) in [6.07, 6.45) is 5.02. The van der Waals surface area contributed by atoms with E-state index in [-0.39, 0.29) is 18.4 Å². The molecule has 4 N–H and O–H groups in total. The number of carbonyl (C=O) groups excluding carboxylic acids is 5. The summed E-state index contributed by atoms with van der Waals surface area (Å²) in [7, 11) is 0. The maximum Gasteiger partial charge on any atom is 0.318 e. The Kier molecular flexibility index (Phi) is 12.8. The van der Waals surface area contributed by atoms with Crippen LogP contribution in [0.4, 0.5) is 4.79 Å². The molecule has 2 atom stereocenters. The summed E-state index contributed by atoms with van der Waals surface area (Å²) in [5.74, 6) is -2.84. The number of hydrogen-bond acceptors (Lipinski definition) is 6. The van der Waals surface area contributed by atoms with E-state index in [1.807, 2.05) is 37.3 Å². The van der Waals surface area contributed by atoms with Crippen LogP contribution in [0.5, 0.6) is 0 Å². The highest BCUT2D eigenvalue weighted by Gasteiger charge is 2.43. The molecule has 5 amide bonds. The smallest absolute Gasteiger partial charge is 0.318 e. The number of benzene rings is 1. The second-order valence-corrected chi connectivity index (χ2v) is 11.6. The van der Waals surface area contributed by atoms with Crippen molar-refractivity contribution < 1.29 is 28.7 Å². The lowest BCUT2D eigenvalue weighted by Crippen LogP contribution is -2.65. The van der Waals surface area contributed by atoms with Crippen molar-refractivity contribution >= 4 is 29.5 Å². The highest BCUT2D eigenvalue weighted by Crippen LogP contribution is 2.29. The van der Waals surface area contributed by atoms with Gasteiger partial charge in [0.05, 0.1) is 19.3 Å². The predicted octanol–water partition coefficient (Wildman–Crippen LogP) is 2.43. The number of hydrogen-bond donors (Lipinski definition) is 4. The Morgan fingerprint density at radius 2 is 1.62 bits per heavy atom. The van der Waals surface area contributed by atoms with Crippen LogP contribution in [0, 0.1) is 5.92 Å². The van der Waals surface area contributed by atoms with Gasteiger partial charge in [-0.3, -0.25) is 19.2 Å². The van der Waals surface area contributed by atoms with Gasteiger partial charge in [0.1, 0.15) is 11.6 Å². The summed E-state index contributed by atoms with van der Waals surface area (Å²) >= 11 is 0. The molecule has 1 aromatic rings. The molecule has 1 aromatic carbocycles. The van der Waals surface area contributed by atoms with Crippen molar-refractivity contribution in [3.8, 4) is 0 Å². The molecule has 1 saturated carbocycles. The molecule has 1 heterocycles. The SMILES string of the molecule is CCCC[C@H](NC(=O)C1(NC(=O)N2CCOCC2)CCCCC1)C(=O)C(=O)N[C@H](C(=O)NCc1ccccc1)C(C)C. The van der Waals surface area contributed by atoms with Crippen molar-refractivity contribution in [1.29, 1.82) is 0 Å². The minimum absolute atomic E-state index is 0.272. The molecule has 0 spiro atoms. The maximum absolute atomic E-state index is 13.8. The van der Waals surface area contributed by atoms with Crippen LogP contribution in [-0.4, -0.2) is 78.4 Å². The number of Topliss-reactive ketones (excluding diaryl/α,β-unsaturated/α-hetero) is 1. The molecule has 1 aliphatic heterocycles. The van der Waals surface area contributed by atoms with Crippen molar-refractivity contribution in [2.45, 2.75) is 96.3 Å². The zero-order valence-corrected chi connectivity index (χ0v) is 25.2. The Hall–Kier alpha value is -3.47. The minimum Gasteiger partial charge on any atom is -0.378 e. The number of nitrogens with zero attached hydrogens (tertiary/aromatic N) is 1. The normalized spacial score (nSPS) is 18.0. The Labute approximate surface area is 248 Å². The molecule has 0 radical (unpaired) electrons. The minimum atomic E-state index is -1.16. The van der Waals surface area contributed by atoms with Crippen LogP contribution in [0.3, 0.4) is 0 Å². The van der Waals surface area contributed by atoms with E-state index >= 15 is 0 Å². The van der Waals surface area contributed by atoms with Gasteiger partial charge in [0, 0.05) is 19.6 Å². The summed E-state index contributed by atoms with van der Waals surface area (Å²) in [6.45, 7) is 7.60. The van der Waals surface area contributed by atoms with Crippen molar-refractivity contribution in [2.24, 2.45) is 5.92 Å². The van der Waals surface area contributed by atoms with Crippen LogP contribution in [0.15, 0.2) is 30.3 Å². The van der Waals surface area contributed by atoms with Crippen LogP contribution in [0.1, 0.15) is 77.7 Å². The maximum atomic E-state index is 13.8. The van der Waals surface area contributed by atoms with Crippen LogP contribution in [0.2, 0.25) is 0 Å². The Bertz CT molecular complexity index is 1070. The number of morpholine rings is 1. The van der Waals surface area contributed by atoms with Gasteiger partial charge in [-0.25, -0.2) is 4.79 Å². The second kappa shape index (κ2) is 16.2. The monoisotopic (exact) mass is 585 g/mol. The lowest BCUT2D eigenvalue weighted by atomic mass is 9.80. The molecule has 2 fully saturated rings. The molecular formula is C31H47N5O6. The van der Waals surface area contributed by atoms with Gasteiger partial charge < -0.3 is 30.9 Å². The molecule has 0 aromatic heterocycles. The van der Waals surface area contributed by atoms with Crippen molar-refractivity contribution in [3.63, 3.8) is 0 Å². The van der Waals surface area contributed by atoms with Crippen molar-refractivity contribution in [2.75, 3.05) is 26.3 Å². The predicted molar refractivity (Wildman–Crippen MR) is 158 cm³/mol. The lowest BCUT2D eigenvalue weighted by Gasteiger charge is -2.39. The summed E-state index contributed by atoms with van der Waals surface area (Å²) in [6, 6.07) is 7.08. The molecular weight excluding hydrogens is 538 g/mol. The average molecular weight is 586 g/mol. The molecule has 1 saturated heterocycles. The molecule has 1 aliphatic carbocycles. The first-order valence-electron chi connectivity index (χ1n) is 15.3. The van der Waals surface area contributed by atoms with Crippen molar-refractivity contribution in [3.05, 3.63) is 35.9 Å². The van der Waals surface area contributed by atoms with Crippen LogP contribution >= 0.6 is 0 Å². The highest BCUT2D eigenvalue weighted by atomic mass is 16.5. The molecule has 42 heavy (non-hydrogen) atoms. The molecule has 3 rings (SSSR count). The van der Waals surface area contributed by atoms with E-state index in [2.05, 4.69) is 21.3 Å². The summed E-state index contributed by atoms with van der Waals surface area (Å²) in [4.78, 5) is 68.1. The van der Waals surface area contributed by atoms with E-state index in [9.17, 15) is 24.0 Å².